The number of carbonyl (C=O) groups excluding carboxylic acids is 1. The van der Waals surface area contributed by atoms with Crippen molar-refractivity contribution in [1.29, 1.82) is 0 Å². The van der Waals surface area contributed by atoms with Gasteiger partial charge in [-0.25, -0.2) is 14.8 Å². The number of nitrogens with zero attached hydrogens (tertiary/aromatic N) is 3. The first-order valence-electron chi connectivity index (χ1n) is 5.69. The molecule has 5 nitrogen and oxygen atoms in total. The molecular weight excluding hydrogens is 218 g/mol. The minimum atomic E-state index is -0.253. The van der Waals surface area contributed by atoms with E-state index in [-0.39, 0.29) is 6.09 Å². The van der Waals surface area contributed by atoms with E-state index in [0.29, 0.717) is 19.7 Å². The number of hydrogen-bond acceptors (Lipinski definition) is 4. The summed E-state index contributed by atoms with van der Waals surface area (Å²) in [6, 6.07) is 1.79. The third-order valence-electron chi connectivity index (χ3n) is 2.59. The Kier molecular flexibility index (Phi) is 3.69. The van der Waals surface area contributed by atoms with Gasteiger partial charge in [0, 0.05) is 25.5 Å². The Bertz CT molecular complexity index is 417. The zero-order valence-electron chi connectivity index (χ0n) is 9.80. The Labute approximate surface area is 100 Å². The monoisotopic (exact) mass is 233 g/mol. The van der Waals surface area contributed by atoms with Gasteiger partial charge >= 0.3 is 6.09 Å². The SMILES string of the molecule is CCOC(=O)N1CC=C(c2ncccn2)CC1. The number of hydrogen-bond donors (Lipinski definition) is 0. The molecule has 0 spiro atoms. The van der Waals surface area contributed by atoms with Crippen LogP contribution in [0, 0.1) is 0 Å². The summed E-state index contributed by atoms with van der Waals surface area (Å²) in [4.78, 5) is 21.6. The normalized spacial score (nSPS) is 15.4. The smallest absolute Gasteiger partial charge is 0.410 e. The van der Waals surface area contributed by atoms with Crippen LogP contribution in [0.1, 0.15) is 19.2 Å². The van der Waals surface area contributed by atoms with Gasteiger partial charge in [0.05, 0.1) is 6.61 Å². The van der Waals surface area contributed by atoms with E-state index in [0.717, 1.165) is 17.8 Å². The fourth-order valence-electron chi connectivity index (χ4n) is 1.72. The Morgan fingerprint density at radius 3 is 2.82 bits per heavy atom. The van der Waals surface area contributed by atoms with Gasteiger partial charge < -0.3 is 9.64 Å². The highest BCUT2D eigenvalue weighted by Gasteiger charge is 2.19. The Balaban J connectivity index is 2.00. The van der Waals surface area contributed by atoms with Gasteiger partial charge in [-0.1, -0.05) is 6.08 Å². The van der Waals surface area contributed by atoms with Crippen LogP contribution >= 0.6 is 0 Å². The van der Waals surface area contributed by atoms with E-state index in [9.17, 15) is 4.79 Å². The van der Waals surface area contributed by atoms with Gasteiger partial charge in [-0.15, -0.1) is 0 Å². The molecule has 0 saturated heterocycles. The zero-order valence-corrected chi connectivity index (χ0v) is 9.80. The van der Waals surface area contributed by atoms with Crippen LogP contribution in [0.25, 0.3) is 5.57 Å². The molecule has 1 aliphatic heterocycles. The summed E-state index contributed by atoms with van der Waals surface area (Å²) in [5.74, 6) is 0.746. The van der Waals surface area contributed by atoms with Crippen LogP contribution in [-0.2, 0) is 4.74 Å². The van der Waals surface area contributed by atoms with E-state index >= 15 is 0 Å². The van der Waals surface area contributed by atoms with Crippen molar-refractivity contribution in [1.82, 2.24) is 14.9 Å². The van der Waals surface area contributed by atoms with Crippen molar-refractivity contribution in [3.8, 4) is 0 Å². The van der Waals surface area contributed by atoms with Gasteiger partial charge in [-0.05, 0) is 25.0 Å². The molecule has 1 aliphatic rings. The number of ether oxygens (including phenoxy) is 1. The maximum absolute atomic E-state index is 11.5. The third-order valence-corrected chi connectivity index (χ3v) is 2.59. The standard InChI is InChI=1S/C12H15N3O2/c1-2-17-12(16)15-8-4-10(5-9-15)11-13-6-3-7-14-11/h3-4,6-7H,2,5,8-9H2,1H3. The van der Waals surface area contributed by atoms with Crippen LogP contribution in [-0.4, -0.2) is 40.7 Å². The molecule has 0 aliphatic carbocycles. The van der Waals surface area contributed by atoms with Crippen molar-refractivity contribution in [3.05, 3.63) is 30.4 Å². The van der Waals surface area contributed by atoms with Crippen molar-refractivity contribution in [2.75, 3.05) is 19.7 Å². The minimum absolute atomic E-state index is 0.253. The van der Waals surface area contributed by atoms with Gasteiger partial charge in [0.15, 0.2) is 5.82 Å². The van der Waals surface area contributed by atoms with Crippen LogP contribution < -0.4 is 0 Å². The summed E-state index contributed by atoms with van der Waals surface area (Å²) in [6.45, 7) is 3.43. The molecule has 5 heteroatoms. The van der Waals surface area contributed by atoms with Crippen LogP contribution in [0.5, 0.6) is 0 Å². The molecule has 1 amide bonds. The first-order chi connectivity index (χ1) is 8.31. The average Bonchev–Trinajstić information content (AvgIpc) is 2.40. The fraction of sp³-hybridized carbons (Fsp3) is 0.417. The number of aromatic nitrogens is 2. The highest BCUT2D eigenvalue weighted by molar-refractivity contribution is 5.70. The fourth-order valence-corrected chi connectivity index (χ4v) is 1.72. The van der Waals surface area contributed by atoms with E-state index in [4.69, 9.17) is 4.74 Å². The minimum Gasteiger partial charge on any atom is -0.450 e. The van der Waals surface area contributed by atoms with Crippen LogP contribution in [0.15, 0.2) is 24.5 Å². The molecule has 0 fully saturated rings. The quantitative estimate of drug-likeness (QED) is 0.780. The molecule has 0 radical (unpaired) electrons. The number of carbonyl (C=O) groups is 1. The first-order valence-corrected chi connectivity index (χ1v) is 5.69. The summed E-state index contributed by atoms with van der Waals surface area (Å²) < 4.78 is 4.95. The maximum Gasteiger partial charge on any atom is 0.410 e. The number of rotatable bonds is 2. The second-order valence-corrected chi connectivity index (χ2v) is 3.70. The van der Waals surface area contributed by atoms with Crippen LogP contribution in [0.3, 0.4) is 0 Å². The molecule has 90 valence electrons. The highest BCUT2D eigenvalue weighted by Crippen LogP contribution is 2.18. The van der Waals surface area contributed by atoms with Gasteiger partial charge in [0.1, 0.15) is 0 Å². The molecule has 2 heterocycles. The molecule has 1 aromatic heterocycles. The Hall–Kier alpha value is -1.91. The lowest BCUT2D eigenvalue weighted by atomic mass is 10.1. The molecule has 0 N–H and O–H groups in total. The van der Waals surface area contributed by atoms with Crippen molar-refractivity contribution in [2.24, 2.45) is 0 Å². The summed E-state index contributed by atoms with van der Waals surface area (Å²) in [6.07, 6.45) is 5.94. The Morgan fingerprint density at radius 2 is 2.24 bits per heavy atom. The van der Waals surface area contributed by atoms with E-state index in [1.54, 1.807) is 30.3 Å². The number of amides is 1. The molecule has 0 aromatic carbocycles. The average molecular weight is 233 g/mol. The second kappa shape index (κ2) is 5.43. The van der Waals surface area contributed by atoms with Crippen molar-refractivity contribution < 1.29 is 9.53 Å². The lowest BCUT2D eigenvalue weighted by Gasteiger charge is -2.24. The zero-order chi connectivity index (χ0) is 12.1. The molecule has 0 saturated carbocycles. The lowest BCUT2D eigenvalue weighted by Crippen LogP contribution is -2.35. The van der Waals surface area contributed by atoms with E-state index in [1.165, 1.54) is 0 Å². The lowest BCUT2D eigenvalue weighted by molar-refractivity contribution is 0.111. The molecule has 0 bridgehead atoms. The van der Waals surface area contributed by atoms with Crippen molar-refractivity contribution in [3.63, 3.8) is 0 Å². The van der Waals surface area contributed by atoms with E-state index < -0.39 is 0 Å². The van der Waals surface area contributed by atoms with Crippen LogP contribution in [0.2, 0.25) is 0 Å². The predicted octanol–water partition coefficient (Wildman–Crippen LogP) is 1.72. The molecule has 1 aromatic rings. The molecule has 2 rings (SSSR count). The topological polar surface area (TPSA) is 55.3 Å². The maximum atomic E-state index is 11.5. The second-order valence-electron chi connectivity index (χ2n) is 3.70. The van der Waals surface area contributed by atoms with Gasteiger partial charge in [-0.3, -0.25) is 0 Å². The molecular formula is C12H15N3O2. The van der Waals surface area contributed by atoms with Gasteiger partial charge in [0.25, 0.3) is 0 Å². The van der Waals surface area contributed by atoms with E-state index in [1.807, 2.05) is 6.08 Å². The molecule has 0 unspecified atom stereocenters. The van der Waals surface area contributed by atoms with Crippen molar-refractivity contribution in [2.45, 2.75) is 13.3 Å². The highest BCUT2D eigenvalue weighted by atomic mass is 16.6. The van der Waals surface area contributed by atoms with E-state index in [2.05, 4.69) is 9.97 Å². The summed E-state index contributed by atoms with van der Waals surface area (Å²) in [7, 11) is 0. The summed E-state index contributed by atoms with van der Waals surface area (Å²) >= 11 is 0. The summed E-state index contributed by atoms with van der Waals surface area (Å²) in [5, 5.41) is 0. The largest absolute Gasteiger partial charge is 0.450 e. The predicted molar refractivity (Wildman–Crippen MR) is 63.2 cm³/mol. The first kappa shape index (κ1) is 11.6. The van der Waals surface area contributed by atoms with Gasteiger partial charge in [-0.2, -0.15) is 0 Å². The molecule has 0 atom stereocenters. The van der Waals surface area contributed by atoms with Crippen LogP contribution in [0.4, 0.5) is 4.79 Å². The van der Waals surface area contributed by atoms with Crippen molar-refractivity contribution >= 4 is 11.7 Å². The molecule has 17 heavy (non-hydrogen) atoms. The third kappa shape index (κ3) is 2.81. The summed E-state index contributed by atoms with van der Waals surface area (Å²) in [5.41, 5.74) is 1.09. The van der Waals surface area contributed by atoms with Gasteiger partial charge in [0.2, 0.25) is 0 Å². The Morgan fingerprint density at radius 1 is 1.47 bits per heavy atom.